The number of anilines is 1. The van der Waals surface area contributed by atoms with Crippen molar-refractivity contribution in [3.8, 4) is 17.2 Å². The van der Waals surface area contributed by atoms with Crippen LogP contribution in [-0.4, -0.2) is 104 Å². The number of benzene rings is 4. The largest absolute Gasteiger partial charge is 0.493 e. The predicted octanol–water partition coefficient (Wildman–Crippen LogP) is 9.48. The van der Waals surface area contributed by atoms with E-state index in [4.69, 9.17) is 18.9 Å². The summed E-state index contributed by atoms with van der Waals surface area (Å²) in [5.74, 6) is -0.565. The molecule has 78 heavy (non-hydrogen) atoms. The summed E-state index contributed by atoms with van der Waals surface area (Å²) in [5, 5.41) is 8.50. The van der Waals surface area contributed by atoms with Crippen molar-refractivity contribution < 1.29 is 52.5 Å². The molecule has 2 fully saturated rings. The lowest BCUT2D eigenvalue weighted by Gasteiger charge is -2.37. The molecule has 7 rings (SSSR count). The summed E-state index contributed by atoms with van der Waals surface area (Å²) in [6, 6.07) is 21.4. The Morgan fingerprint density at radius 2 is 1.56 bits per heavy atom. The third kappa shape index (κ3) is 15.3. The van der Waals surface area contributed by atoms with Crippen LogP contribution in [0, 0.1) is 20.8 Å². The highest BCUT2D eigenvalue weighted by Crippen LogP contribution is 2.38. The number of esters is 1. The van der Waals surface area contributed by atoms with Crippen molar-refractivity contribution in [2.75, 3.05) is 45.8 Å². The summed E-state index contributed by atoms with van der Waals surface area (Å²) >= 11 is 0. The van der Waals surface area contributed by atoms with E-state index in [0.717, 1.165) is 85.6 Å². The quantitative estimate of drug-likeness (QED) is 0.0277. The minimum Gasteiger partial charge on any atom is -0.493 e. The molecule has 5 amide bonds. The summed E-state index contributed by atoms with van der Waals surface area (Å²) in [6.07, 6.45) is 10.6. The van der Waals surface area contributed by atoms with E-state index in [9.17, 15) is 33.6 Å². The SMILES string of the molecule is CC[C@H](C(=O)N1CCCC[C@H]1C(=O)OC(CCc1ccc(C)c(C)c1)c1cccc(OCC(=O)NCCCCCCCCCC(=O)CNc2cccc3c2CN(C2CCC(=O)NC2=O)C3=O)c1)c1cc(C)c(OC)c(OC)c1. The van der Waals surface area contributed by atoms with Gasteiger partial charge in [0.25, 0.3) is 11.8 Å². The Balaban J connectivity index is 0.830. The fourth-order valence-corrected chi connectivity index (χ4v) is 10.9. The van der Waals surface area contributed by atoms with E-state index in [1.165, 1.54) is 16.0 Å². The van der Waals surface area contributed by atoms with Crippen LogP contribution in [-0.2, 0) is 46.5 Å². The number of carbonyl (C=O) groups is 7. The van der Waals surface area contributed by atoms with E-state index in [0.29, 0.717) is 80.1 Å². The van der Waals surface area contributed by atoms with Crippen LogP contribution in [0.2, 0.25) is 0 Å². The molecule has 3 heterocycles. The number of amides is 5. The van der Waals surface area contributed by atoms with Crippen molar-refractivity contribution in [2.45, 2.75) is 161 Å². The third-order valence-electron chi connectivity index (χ3n) is 15.5. The molecule has 0 radical (unpaired) electrons. The van der Waals surface area contributed by atoms with Crippen molar-refractivity contribution in [3.05, 3.63) is 117 Å². The fourth-order valence-electron chi connectivity index (χ4n) is 10.9. The van der Waals surface area contributed by atoms with Gasteiger partial charge in [-0.1, -0.05) is 81.5 Å². The maximum atomic E-state index is 14.5. The topological polar surface area (TPSA) is 199 Å². The summed E-state index contributed by atoms with van der Waals surface area (Å²) in [7, 11) is 3.17. The van der Waals surface area contributed by atoms with Gasteiger partial charge in [-0.25, -0.2) is 4.79 Å². The van der Waals surface area contributed by atoms with Crippen molar-refractivity contribution in [3.63, 3.8) is 0 Å². The van der Waals surface area contributed by atoms with Crippen LogP contribution in [0.5, 0.6) is 17.2 Å². The number of nitrogens with one attached hydrogen (secondary N) is 3. The molecule has 0 saturated carbocycles. The van der Waals surface area contributed by atoms with E-state index >= 15 is 0 Å². The number of Topliss-reactive ketones (excluding diaryl/α,β-unsaturated/α-hetero) is 1. The molecule has 418 valence electrons. The smallest absolute Gasteiger partial charge is 0.329 e. The van der Waals surface area contributed by atoms with E-state index in [1.807, 2.05) is 50.2 Å². The van der Waals surface area contributed by atoms with Crippen LogP contribution in [0.3, 0.4) is 0 Å². The number of hydrogen-bond donors (Lipinski definition) is 3. The maximum absolute atomic E-state index is 14.5. The summed E-state index contributed by atoms with van der Waals surface area (Å²) in [5.41, 5.74) is 7.88. The molecule has 3 aliphatic rings. The number of hydrogen-bond acceptors (Lipinski definition) is 12. The number of aryl methyl sites for hydroxylation is 4. The van der Waals surface area contributed by atoms with Crippen LogP contribution >= 0.6 is 0 Å². The predicted molar refractivity (Wildman–Crippen MR) is 298 cm³/mol. The third-order valence-corrected chi connectivity index (χ3v) is 15.5. The first-order chi connectivity index (χ1) is 37.7. The monoisotopic (exact) mass is 1070 g/mol. The Hall–Kier alpha value is -7.23. The average molecular weight is 1070 g/mol. The van der Waals surface area contributed by atoms with Gasteiger partial charge in [0.2, 0.25) is 17.7 Å². The van der Waals surface area contributed by atoms with Gasteiger partial charge >= 0.3 is 5.97 Å². The van der Waals surface area contributed by atoms with Crippen LogP contribution < -0.4 is 30.2 Å². The lowest BCUT2D eigenvalue weighted by Crippen LogP contribution is -2.52. The van der Waals surface area contributed by atoms with Crippen molar-refractivity contribution in [2.24, 2.45) is 0 Å². The first-order valence-corrected chi connectivity index (χ1v) is 28.0. The van der Waals surface area contributed by atoms with E-state index in [2.05, 4.69) is 48.0 Å². The van der Waals surface area contributed by atoms with E-state index in [-0.39, 0.29) is 55.5 Å². The van der Waals surface area contributed by atoms with Crippen molar-refractivity contribution >= 4 is 47.0 Å². The molecular weight excluding hydrogens is 991 g/mol. The molecule has 4 aromatic carbocycles. The number of carbonyl (C=O) groups excluding carboxylic acids is 7. The summed E-state index contributed by atoms with van der Waals surface area (Å²) in [4.78, 5) is 95.0. The zero-order valence-electron chi connectivity index (χ0n) is 46.5. The molecule has 16 heteroatoms. The van der Waals surface area contributed by atoms with Gasteiger partial charge in [0.15, 0.2) is 23.9 Å². The Labute approximate surface area is 459 Å². The second-order valence-corrected chi connectivity index (χ2v) is 21.0. The van der Waals surface area contributed by atoms with Gasteiger partial charge in [-0.05, 0) is 142 Å². The normalized spacial score (nSPS) is 16.9. The first-order valence-electron chi connectivity index (χ1n) is 28.0. The van der Waals surface area contributed by atoms with E-state index in [1.54, 1.807) is 37.3 Å². The Morgan fingerprint density at radius 1 is 0.795 bits per heavy atom. The molecule has 0 aromatic heterocycles. The summed E-state index contributed by atoms with van der Waals surface area (Å²) < 4.78 is 23.6. The molecule has 4 atom stereocenters. The average Bonchev–Trinajstić information content (AvgIpc) is 3.78. The molecular formula is C62H79N5O11. The van der Waals surface area contributed by atoms with Crippen molar-refractivity contribution in [1.82, 2.24) is 20.4 Å². The molecule has 0 aliphatic carbocycles. The number of likely N-dealkylation sites (tertiary alicyclic amines) is 1. The van der Waals surface area contributed by atoms with Crippen LogP contribution in [0.1, 0.15) is 165 Å². The lowest BCUT2D eigenvalue weighted by molar-refractivity contribution is -0.162. The molecule has 0 spiro atoms. The van der Waals surface area contributed by atoms with Gasteiger partial charge in [-0.2, -0.15) is 0 Å². The van der Waals surface area contributed by atoms with Gasteiger partial charge < -0.3 is 39.4 Å². The minimum atomic E-state index is -0.740. The highest BCUT2D eigenvalue weighted by Gasteiger charge is 2.41. The molecule has 0 bridgehead atoms. The highest BCUT2D eigenvalue weighted by atomic mass is 16.5. The molecule has 16 nitrogen and oxygen atoms in total. The van der Waals surface area contributed by atoms with Gasteiger partial charge in [-0.3, -0.25) is 34.1 Å². The Bertz CT molecular complexity index is 2790. The van der Waals surface area contributed by atoms with Gasteiger partial charge in [-0.15, -0.1) is 0 Å². The number of fused-ring (bicyclic) bond motifs is 1. The molecule has 2 unspecified atom stereocenters. The highest BCUT2D eigenvalue weighted by molar-refractivity contribution is 6.06. The van der Waals surface area contributed by atoms with Crippen LogP contribution in [0.15, 0.2) is 72.8 Å². The second kappa shape index (κ2) is 28.4. The number of rotatable bonds is 28. The minimum absolute atomic E-state index is 0.0851. The van der Waals surface area contributed by atoms with Gasteiger partial charge in [0, 0.05) is 49.3 Å². The molecule has 4 aromatic rings. The molecule has 2 saturated heterocycles. The Kier molecular flexibility index (Phi) is 21.3. The lowest BCUT2D eigenvalue weighted by atomic mass is 9.91. The number of methoxy groups -OCH3 is 2. The van der Waals surface area contributed by atoms with Gasteiger partial charge in [0.1, 0.15) is 23.9 Å². The standard InChI is InChI=1S/C62H79N5O11/c1-7-48(45-34-42(4)58(76-6)55(36-45)75-5)60(72)66-32-16-14-24-53(66)62(74)78-54(29-27-43-26-25-40(2)41(3)33-43)44-19-17-21-47(35-44)77-39-57(70)63-31-15-12-10-8-9-11-13-20-46(68)37-64-51-23-18-22-49-50(51)38-67(61(49)73)52-28-30-56(69)65-59(52)71/h17-19,21-23,25-26,33-36,48,52-54,64H,7-16,20,24,27-32,37-39H2,1-6H3,(H,63,70)(H,65,69,71)/t48-,52?,53-,54?/m0/s1. The van der Waals surface area contributed by atoms with Crippen LogP contribution in [0.4, 0.5) is 5.69 Å². The van der Waals surface area contributed by atoms with Gasteiger partial charge in [0.05, 0.1) is 26.7 Å². The molecule has 3 aliphatic heterocycles. The first kappa shape index (κ1) is 58.5. The number of piperidine rings is 2. The molecule has 3 N–H and O–H groups in total. The number of ketones is 1. The van der Waals surface area contributed by atoms with Crippen molar-refractivity contribution in [1.29, 1.82) is 0 Å². The summed E-state index contributed by atoms with van der Waals surface area (Å²) in [6.45, 7) is 9.27. The maximum Gasteiger partial charge on any atom is 0.329 e. The number of unbranched alkanes of at least 4 members (excludes halogenated alkanes) is 6. The fraction of sp³-hybridized carbons (Fsp3) is 0.500. The Morgan fingerprint density at radius 3 is 2.31 bits per heavy atom. The number of imide groups is 1. The second-order valence-electron chi connectivity index (χ2n) is 21.0. The number of nitrogens with zero attached hydrogens (tertiary/aromatic N) is 2. The number of ether oxygens (including phenoxy) is 4. The van der Waals surface area contributed by atoms with Crippen LogP contribution in [0.25, 0.3) is 0 Å². The van der Waals surface area contributed by atoms with E-state index < -0.39 is 36.0 Å². The zero-order chi connectivity index (χ0) is 55.7. The zero-order valence-corrected chi connectivity index (χ0v) is 46.5.